The molecule has 1 aliphatic heterocycles. The van der Waals surface area contributed by atoms with Gasteiger partial charge in [-0.25, -0.2) is 0 Å². The number of nitrogens with zero attached hydrogens (tertiary/aromatic N) is 1. The Morgan fingerprint density at radius 2 is 2.17 bits per heavy atom. The van der Waals surface area contributed by atoms with Gasteiger partial charge in [0.2, 0.25) is 0 Å². The van der Waals surface area contributed by atoms with E-state index in [1.165, 1.54) is 12.8 Å². The van der Waals surface area contributed by atoms with Crippen LogP contribution >= 0.6 is 0 Å². The summed E-state index contributed by atoms with van der Waals surface area (Å²) in [6.45, 7) is 2.07. The van der Waals surface area contributed by atoms with Crippen molar-refractivity contribution in [3.8, 4) is 0 Å². The highest BCUT2D eigenvalue weighted by Gasteiger charge is 2.31. The van der Waals surface area contributed by atoms with E-state index in [4.69, 9.17) is 0 Å². The molecule has 2 fully saturated rings. The number of carbonyl (C=O) groups excluding carboxylic acids is 2. The fourth-order valence-corrected chi connectivity index (χ4v) is 1.41. The maximum Gasteiger partial charge on any atom is 0.311 e. The molecule has 4 heteroatoms. The maximum atomic E-state index is 11.2. The molecule has 2 rings (SSSR count). The number of carbonyl (C=O) groups is 2. The highest BCUT2D eigenvalue weighted by molar-refractivity contribution is 6.35. The largest absolute Gasteiger partial charge is 0.346 e. The third kappa shape index (κ3) is 1.42. The summed E-state index contributed by atoms with van der Waals surface area (Å²) in [6.07, 6.45) is 2.43. The zero-order valence-corrected chi connectivity index (χ0v) is 6.88. The highest BCUT2D eigenvalue weighted by atomic mass is 16.2. The SMILES string of the molecule is O=C1NCCN(CC2CC2)C1=O. The lowest BCUT2D eigenvalue weighted by Gasteiger charge is -2.26. The van der Waals surface area contributed by atoms with Gasteiger partial charge in [0, 0.05) is 19.6 Å². The van der Waals surface area contributed by atoms with Crippen LogP contribution in [0.2, 0.25) is 0 Å². The molecule has 0 aromatic rings. The minimum atomic E-state index is -0.443. The van der Waals surface area contributed by atoms with E-state index in [1.54, 1.807) is 4.90 Å². The Balaban J connectivity index is 1.93. The standard InChI is InChI=1S/C8H12N2O2/c11-7-8(12)10(4-3-9-7)5-6-1-2-6/h6H,1-5H2,(H,9,11). The van der Waals surface area contributed by atoms with E-state index in [-0.39, 0.29) is 5.91 Å². The molecule has 1 aliphatic carbocycles. The van der Waals surface area contributed by atoms with Gasteiger partial charge < -0.3 is 10.2 Å². The summed E-state index contributed by atoms with van der Waals surface area (Å²) in [7, 11) is 0. The Hall–Kier alpha value is -1.06. The molecule has 2 amide bonds. The third-order valence-corrected chi connectivity index (χ3v) is 2.32. The van der Waals surface area contributed by atoms with Crippen LogP contribution in [0.4, 0.5) is 0 Å². The van der Waals surface area contributed by atoms with E-state index in [9.17, 15) is 9.59 Å². The van der Waals surface area contributed by atoms with Crippen LogP contribution in [0.5, 0.6) is 0 Å². The van der Waals surface area contributed by atoms with Gasteiger partial charge in [0.05, 0.1) is 0 Å². The molecule has 0 atom stereocenters. The summed E-state index contributed by atoms with van der Waals surface area (Å²) in [5, 5.41) is 2.53. The third-order valence-electron chi connectivity index (χ3n) is 2.32. The van der Waals surface area contributed by atoms with E-state index in [0.29, 0.717) is 19.0 Å². The van der Waals surface area contributed by atoms with Crippen LogP contribution in [-0.4, -0.2) is 36.3 Å². The molecule has 4 nitrogen and oxygen atoms in total. The first-order chi connectivity index (χ1) is 5.77. The molecule has 1 heterocycles. The summed E-state index contributed by atoms with van der Waals surface area (Å²) in [5.41, 5.74) is 0. The second kappa shape index (κ2) is 2.77. The van der Waals surface area contributed by atoms with Crippen molar-refractivity contribution in [1.82, 2.24) is 10.2 Å². The van der Waals surface area contributed by atoms with Gasteiger partial charge in [0.25, 0.3) is 0 Å². The zero-order valence-electron chi connectivity index (χ0n) is 6.88. The molecule has 12 heavy (non-hydrogen) atoms. The molecule has 0 spiro atoms. The molecule has 0 bridgehead atoms. The molecule has 1 saturated heterocycles. The van der Waals surface area contributed by atoms with E-state index in [1.807, 2.05) is 0 Å². The Kier molecular flexibility index (Phi) is 1.75. The zero-order chi connectivity index (χ0) is 8.55. The van der Waals surface area contributed by atoms with Crippen molar-refractivity contribution in [2.45, 2.75) is 12.8 Å². The quantitative estimate of drug-likeness (QED) is 0.557. The average Bonchev–Trinajstić information content (AvgIpc) is 2.83. The predicted molar refractivity (Wildman–Crippen MR) is 42.3 cm³/mol. The minimum absolute atomic E-state index is 0.354. The van der Waals surface area contributed by atoms with Crippen molar-refractivity contribution in [2.24, 2.45) is 5.92 Å². The number of piperazine rings is 1. The van der Waals surface area contributed by atoms with E-state index >= 15 is 0 Å². The van der Waals surface area contributed by atoms with Crippen molar-refractivity contribution in [3.05, 3.63) is 0 Å². The van der Waals surface area contributed by atoms with E-state index in [0.717, 1.165) is 6.54 Å². The van der Waals surface area contributed by atoms with Crippen LogP contribution < -0.4 is 5.32 Å². The van der Waals surface area contributed by atoms with Crippen molar-refractivity contribution in [3.63, 3.8) is 0 Å². The van der Waals surface area contributed by atoms with Gasteiger partial charge in [-0.2, -0.15) is 0 Å². The van der Waals surface area contributed by atoms with E-state index < -0.39 is 5.91 Å². The van der Waals surface area contributed by atoms with Crippen molar-refractivity contribution >= 4 is 11.8 Å². The summed E-state index contributed by atoms with van der Waals surface area (Å²) in [4.78, 5) is 23.8. The number of hydrogen-bond acceptors (Lipinski definition) is 2. The first-order valence-corrected chi connectivity index (χ1v) is 4.34. The number of amides is 2. The van der Waals surface area contributed by atoms with Crippen molar-refractivity contribution in [2.75, 3.05) is 19.6 Å². The average molecular weight is 168 g/mol. The Morgan fingerprint density at radius 1 is 1.42 bits per heavy atom. The Bertz CT molecular complexity index is 223. The number of rotatable bonds is 2. The van der Waals surface area contributed by atoms with Gasteiger partial charge in [-0.1, -0.05) is 0 Å². The molecule has 0 unspecified atom stereocenters. The molecule has 0 aromatic heterocycles. The van der Waals surface area contributed by atoms with Gasteiger partial charge >= 0.3 is 11.8 Å². The van der Waals surface area contributed by atoms with Gasteiger partial charge in [-0.05, 0) is 18.8 Å². The van der Waals surface area contributed by atoms with Gasteiger partial charge in [-0.3, -0.25) is 9.59 Å². The summed E-state index contributed by atoms with van der Waals surface area (Å²) in [5.74, 6) is -0.130. The van der Waals surface area contributed by atoms with Crippen molar-refractivity contribution in [1.29, 1.82) is 0 Å². The monoisotopic (exact) mass is 168 g/mol. The van der Waals surface area contributed by atoms with Crippen LogP contribution in [0.3, 0.4) is 0 Å². The molecule has 1 N–H and O–H groups in total. The minimum Gasteiger partial charge on any atom is -0.346 e. The first kappa shape index (κ1) is 7.58. The molecule has 2 aliphatic rings. The van der Waals surface area contributed by atoms with Crippen LogP contribution in [0.25, 0.3) is 0 Å². The lowest BCUT2D eigenvalue weighted by molar-refractivity contribution is -0.148. The van der Waals surface area contributed by atoms with Gasteiger partial charge in [0.15, 0.2) is 0 Å². The highest BCUT2D eigenvalue weighted by Crippen LogP contribution is 2.29. The van der Waals surface area contributed by atoms with Crippen LogP contribution in [0, 0.1) is 5.92 Å². The maximum absolute atomic E-state index is 11.2. The predicted octanol–water partition coefficient (Wildman–Crippen LogP) is -0.645. The van der Waals surface area contributed by atoms with Crippen molar-refractivity contribution < 1.29 is 9.59 Å². The molecular weight excluding hydrogens is 156 g/mol. The van der Waals surface area contributed by atoms with Gasteiger partial charge in [0.1, 0.15) is 0 Å². The summed E-state index contributed by atoms with van der Waals surface area (Å²) in [6, 6.07) is 0. The molecule has 66 valence electrons. The first-order valence-electron chi connectivity index (χ1n) is 4.34. The van der Waals surface area contributed by atoms with Crippen LogP contribution in [0.15, 0.2) is 0 Å². The van der Waals surface area contributed by atoms with Crippen LogP contribution in [0.1, 0.15) is 12.8 Å². The second-order valence-corrected chi connectivity index (χ2v) is 3.45. The Morgan fingerprint density at radius 3 is 2.83 bits per heavy atom. The Labute approximate surface area is 70.9 Å². The summed E-state index contributed by atoms with van der Waals surface area (Å²) >= 11 is 0. The molecule has 1 saturated carbocycles. The summed E-state index contributed by atoms with van der Waals surface area (Å²) < 4.78 is 0. The normalized spacial score (nSPS) is 24.2. The fraction of sp³-hybridized carbons (Fsp3) is 0.750. The van der Waals surface area contributed by atoms with Gasteiger partial charge in [-0.15, -0.1) is 0 Å². The second-order valence-electron chi connectivity index (χ2n) is 3.45. The lowest BCUT2D eigenvalue weighted by atomic mass is 10.3. The smallest absolute Gasteiger partial charge is 0.311 e. The number of hydrogen-bond donors (Lipinski definition) is 1. The fourth-order valence-electron chi connectivity index (χ4n) is 1.41. The lowest BCUT2D eigenvalue weighted by Crippen LogP contribution is -2.52. The molecule has 0 aromatic carbocycles. The van der Waals surface area contributed by atoms with E-state index in [2.05, 4.69) is 5.32 Å². The number of nitrogens with one attached hydrogen (secondary N) is 1. The van der Waals surface area contributed by atoms with Crippen LogP contribution in [-0.2, 0) is 9.59 Å². The molecular formula is C8H12N2O2. The molecule has 0 radical (unpaired) electrons. The topological polar surface area (TPSA) is 49.4 Å².